The summed E-state index contributed by atoms with van der Waals surface area (Å²) in [6.45, 7) is 14.8. The summed E-state index contributed by atoms with van der Waals surface area (Å²) in [4.78, 5) is 5.12. The number of nitrogens with zero attached hydrogens (tertiary/aromatic N) is 2. The van der Waals surface area contributed by atoms with Gasteiger partial charge in [-0.15, -0.1) is 0 Å². The second-order valence-corrected chi connectivity index (χ2v) is 6.49. The van der Waals surface area contributed by atoms with E-state index in [1.807, 2.05) is 0 Å². The molecule has 0 aromatic heterocycles. The average Bonchev–Trinajstić information content (AvgIpc) is 2.29. The Balaban J connectivity index is 2.08. The van der Waals surface area contributed by atoms with E-state index in [1.165, 1.54) is 11.3 Å². The van der Waals surface area contributed by atoms with Gasteiger partial charge in [-0.2, -0.15) is 0 Å². The summed E-state index contributed by atoms with van der Waals surface area (Å²) < 4.78 is 0. The van der Waals surface area contributed by atoms with E-state index in [-0.39, 0.29) is 5.54 Å². The van der Waals surface area contributed by atoms with Crippen molar-refractivity contribution in [1.29, 1.82) is 0 Å². The van der Waals surface area contributed by atoms with Gasteiger partial charge in [-0.3, -0.25) is 4.90 Å². The zero-order valence-corrected chi connectivity index (χ0v) is 12.4. The molecule has 2 nitrogen and oxygen atoms in total. The highest BCUT2D eigenvalue weighted by Crippen LogP contribution is 2.24. The molecule has 0 spiro atoms. The van der Waals surface area contributed by atoms with Gasteiger partial charge in [0.05, 0.1) is 0 Å². The van der Waals surface area contributed by atoms with Gasteiger partial charge in [-0.1, -0.05) is 17.7 Å². The molecule has 18 heavy (non-hydrogen) atoms. The van der Waals surface area contributed by atoms with Crippen molar-refractivity contribution < 1.29 is 0 Å². The van der Waals surface area contributed by atoms with E-state index >= 15 is 0 Å². The van der Waals surface area contributed by atoms with Crippen molar-refractivity contribution in [3.05, 3.63) is 29.8 Å². The Kier molecular flexibility index (Phi) is 3.67. The zero-order valence-electron chi connectivity index (χ0n) is 12.4. The number of rotatable bonds is 1. The minimum atomic E-state index is 0.285. The summed E-state index contributed by atoms with van der Waals surface area (Å²) in [6, 6.07) is 9.49. The van der Waals surface area contributed by atoms with Crippen molar-refractivity contribution in [3.63, 3.8) is 0 Å². The first-order valence-corrected chi connectivity index (χ1v) is 6.96. The van der Waals surface area contributed by atoms with Crippen LogP contribution >= 0.6 is 0 Å². The Morgan fingerprint density at radius 2 is 1.67 bits per heavy atom. The lowest BCUT2D eigenvalue weighted by Crippen LogP contribution is -2.57. The van der Waals surface area contributed by atoms with Crippen LogP contribution in [0.4, 0.5) is 5.69 Å². The molecule has 0 amide bonds. The first-order chi connectivity index (χ1) is 8.38. The van der Waals surface area contributed by atoms with E-state index in [0.29, 0.717) is 6.04 Å². The molecule has 1 aromatic rings. The van der Waals surface area contributed by atoms with Gasteiger partial charge >= 0.3 is 0 Å². The van der Waals surface area contributed by atoms with E-state index < -0.39 is 0 Å². The predicted molar refractivity (Wildman–Crippen MR) is 79.3 cm³/mol. The molecule has 100 valence electrons. The lowest BCUT2D eigenvalue weighted by Gasteiger charge is -2.46. The van der Waals surface area contributed by atoms with Crippen LogP contribution in [0.2, 0.25) is 0 Å². The van der Waals surface area contributed by atoms with Crippen LogP contribution in [0.25, 0.3) is 0 Å². The zero-order chi connectivity index (χ0) is 13.3. The fraction of sp³-hybridized carbons (Fsp3) is 0.625. The van der Waals surface area contributed by atoms with Crippen molar-refractivity contribution in [2.45, 2.75) is 46.2 Å². The molecule has 0 radical (unpaired) electrons. The third-order valence-corrected chi connectivity index (χ3v) is 3.94. The number of hydrogen-bond donors (Lipinski definition) is 0. The summed E-state index contributed by atoms with van der Waals surface area (Å²) >= 11 is 0. The average molecular weight is 246 g/mol. The summed E-state index contributed by atoms with van der Waals surface area (Å²) in [5.74, 6) is 0. The van der Waals surface area contributed by atoms with Crippen molar-refractivity contribution >= 4 is 5.69 Å². The molecule has 1 aromatic carbocycles. The molecule has 0 aliphatic carbocycles. The maximum Gasteiger partial charge on any atom is 0.0389 e. The lowest BCUT2D eigenvalue weighted by molar-refractivity contribution is 0.112. The molecule has 1 atom stereocenters. The van der Waals surface area contributed by atoms with Gasteiger partial charge in [-0.05, 0) is 46.8 Å². The molecule has 1 aliphatic rings. The summed E-state index contributed by atoms with van der Waals surface area (Å²) in [6.07, 6.45) is 0. The van der Waals surface area contributed by atoms with Crippen LogP contribution in [-0.4, -0.2) is 36.1 Å². The molecular formula is C16H26N2. The number of hydrogen-bond acceptors (Lipinski definition) is 2. The standard InChI is InChI=1S/C16H26N2/c1-13-6-8-15(9-7-13)18-11-10-17(12-14(18)2)16(3,4)5/h6-9,14H,10-12H2,1-5H3. The first-order valence-electron chi connectivity index (χ1n) is 6.96. The Morgan fingerprint density at radius 3 is 2.17 bits per heavy atom. The Labute approximate surface area is 112 Å². The first kappa shape index (κ1) is 13.4. The van der Waals surface area contributed by atoms with Crippen LogP contribution in [0.15, 0.2) is 24.3 Å². The highest BCUT2D eigenvalue weighted by Gasteiger charge is 2.29. The summed E-state index contributed by atoms with van der Waals surface area (Å²) in [5, 5.41) is 0. The Hall–Kier alpha value is -1.02. The van der Waals surface area contributed by atoms with Crippen LogP contribution in [0.3, 0.4) is 0 Å². The highest BCUT2D eigenvalue weighted by atomic mass is 15.3. The number of aryl methyl sites for hydroxylation is 1. The molecule has 0 saturated carbocycles. The van der Waals surface area contributed by atoms with Crippen LogP contribution in [0, 0.1) is 6.92 Å². The topological polar surface area (TPSA) is 6.48 Å². The van der Waals surface area contributed by atoms with Crippen LogP contribution < -0.4 is 4.90 Å². The third kappa shape index (κ3) is 2.86. The molecular weight excluding hydrogens is 220 g/mol. The maximum absolute atomic E-state index is 2.59. The van der Waals surface area contributed by atoms with Crippen LogP contribution in [0.1, 0.15) is 33.3 Å². The quantitative estimate of drug-likeness (QED) is 0.750. The van der Waals surface area contributed by atoms with E-state index in [0.717, 1.165) is 19.6 Å². The largest absolute Gasteiger partial charge is 0.366 e. The second kappa shape index (κ2) is 4.93. The van der Waals surface area contributed by atoms with Crippen molar-refractivity contribution in [3.8, 4) is 0 Å². The highest BCUT2D eigenvalue weighted by molar-refractivity contribution is 5.49. The number of anilines is 1. The molecule has 2 rings (SSSR count). The smallest absolute Gasteiger partial charge is 0.0389 e. The normalized spacial score (nSPS) is 22.3. The minimum absolute atomic E-state index is 0.285. The van der Waals surface area contributed by atoms with Gasteiger partial charge in [0.1, 0.15) is 0 Å². The molecule has 1 heterocycles. The van der Waals surface area contributed by atoms with E-state index in [9.17, 15) is 0 Å². The van der Waals surface area contributed by atoms with Crippen LogP contribution in [0.5, 0.6) is 0 Å². The minimum Gasteiger partial charge on any atom is -0.366 e. The monoisotopic (exact) mass is 246 g/mol. The number of piperazine rings is 1. The molecule has 2 heteroatoms. The van der Waals surface area contributed by atoms with E-state index in [1.54, 1.807) is 0 Å². The van der Waals surface area contributed by atoms with Crippen molar-refractivity contribution in [2.75, 3.05) is 24.5 Å². The molecule has 1 aliphatic heterocycles. The van der Waals surface area contributed by atoms with Crippen molar-refractivity contribution in [1.82, 2.24) is 4.90 Å². The SMILES string of the molecule is Cc1ccc(N2CCN(C(C)(C)C)CC2C)cc1. The van der Waals surface area contributed by atoms with Gasteiger partial charge in [0.15, 0.2) is 0 Å². The van der Waals surface area contributed by atoms with E-state index in [2.05, 4.69) is 68.7 Å². The Bertz CT molecular complexity index is 389. The molecule has 0 N–H and O–H groups in total. The van der Waals surface area contributed by atoms with Crippen LogP contribution in [-0.2, 0) is 0 Å². The Morgan fingerprint density at radius 1 is 1.06 bits per heavy atom. The van der Waals surface area contributed by atoms with E-state index in [4.69, 9.17) is 0 Å². The van der Waals surface area contributed by atoms with Gasteiger partial charge in [0, 0.05) is 36.9 Å². The fourth-order valence-corrected chi connectivity index (χ4v) is 2.69. The van der Waals surface area contributed by atoms with Gasteiger partial charge in [-0.25, -0.2) is 0 Å². The van der Waals surface area contributed by atoms with Gasteiger partial charge in [0.25, 0.3) is 0 Å². The van der Waals surface area contributed by atoms with Crippen molar-refractivity contribution in [2.24, 2.45) is 0 Å². The summed E-state index contributed by atoms with van der Waals surface area (Å²) in [7, 11) is 0. The molecule has 1 fully saturated rings. The van der Waals surface area contributed by atoms with Gasteiger partial charge < -0.3 is 4.90 Å². The van der Waals surface area contributed by atoms with Gasteiger partial charge in [0.2, 0.25) is 0 Å². The molecule has 1 unspecified atom stereocenters. The second-order valence-electron chi connectivity index (χ2n) is 6.49. The number of benzene rings is 1. The molecule has 0 bridgehead atoms. The summed E-state index contributed by atoms with van der Waals surface area (Å²) in [5.41, 5.74) is 2.98. The fourth-order valence-electron chi connectivity index (χ4n) is 2.69. The maximum atomic E-state index is 2.59. The predicted octanol–water partition coefficient (Wildman–Crippen LogP) is 3.30. The lowest BCUT2D eigenvalue weighted by atomic mass is 10.0. The molecule has 1 saturated heterocycles. The third-order valence-electron chi connectivity index (χ3n) is 3.94.